The smallest absolute Gasteiger partial charge is 0.124 e. The highest BCUT2D eigenvalue weighted by Gasteiger charge is 2.13. The number of hydrogen-bond donors (Lipinski definition) is 2. The first-order valence-corrected chi connectivity index (χ1v) is 7.14. The summed E-state index contributed by atoms with van der Waals surface area (Å²) in [7, 11) is 0. The van der Waals surface area contributed by atoms with E-state index in [0.29, 0.717) is 18.1 Å². The molecule has 1 unspecified atom stereocenters. The molecule has 0 saturated carbocycles. The molecule has 0 aliphatic carbocycles. The van der Waals surface area contributed by atoms with Crippen LogP contribution in [-0.2, 0) is 6.42 Å². The van der Waals surface area contributed by atoms with Crippen molar-refractivity contribution in [3.63, 3.8) is 0 Å². The molecule has 21 heavy (non-hydrogen) atoms. The van der Waals surface area contributed by atoms with Crippen LogP contribution in [0.15, 0.2) is 42.5 Å². The fourth-order valence-corrected chi connectivity index (χ4v) is 2.39. The van der Waals surface area contributed by atoms with E-state index in [4.69, 9.17) is 22.2 Å². The zero-order valence-electron chi connectivity index (χ0n) is 11.8. The quantitative estimate of drug-likeness (QED) is 0.633. The maximum absolute atomic E-state index is 13.1. The molecule has 1 atom stereocenters. The SMILES string of the molecule is CCOc1ccc(C(Cc2ccc(F)cc2Cl)NN)cc1. The number of hydrogen-bond acceptors (Lipinski definition) is 3. The minimum absolute atomic E-state index is 0.108. The van der Waals surface area contributed by atoms with Gasteiger partial charge in [0.2, 0.25) is 0 Å². The molecular formula is C16H18ClFN2O. The molecule has 0 fully saturated rings. The molecule has 3 nitrogen and oxygen atoms in total. The van der Waals surface area contributed by atoms with Gasteiger partial charge in [-0.05, 0) is 48.7 Å². The monoisotopic (exact) mass is 308 g/mol. The average Bonchev–Trinajstić information content (AvgIpc) is 2.48. The van der Waals surface area contributed by atoms with E-state index in [2.05, 4.69) is 5.43 Å². The van der Waals surface area contributed by atoms with Crippen LogP contribution in [0.5, 0.6) is 5.75 Å². The molecule has 2 aromatic carbocycles. The van der Waals surface area contributed by atoms with Crippen LogP contribution in [0, 0.1) is 5.82 Å². The van der Waals surface area contributed by atoms with Crippen LogP contribution in [0.4, 0.5) is 4.39 Å². The molecule has 0 aromatic heterocycles. The zero-order chi connectivity index (χ0) is 15.2. The lowest BCUT2D eigenvalue weighted by molar-refractivity contribution is 0.340. The van der Waals surface area contributed by atoms with E-state index in [0.717, 1.165) is 16.9 Å². The van der Waals surface area contributed by atoms with Crippen molar-refractivity contribution in [3.8, 4) is 5.75 Å². The lowest BCUT2D eigenvalue weighted by Crippen LogP contribution is -2.29. The Morgan fingerprint density at radius 1 is 1.24 bits per heavy atom. The lowest BCUT2D eigenvalue weighted by atomic mass is 9.99. The Kier molecular flexibility index (Phi) is 5.56. The second-order valence-electron chi connectivity index (χ2n) is 4.66. The Morgan fingerprint density at radius 2 is 1.95 bits per heavy atom. The summed E-state index contributed by atoms with van der Waals surface area (Å²) in [5.74, 6) is 6.10. The Bertz CT molecular complexity index is 589. The average molecular weight is 309 g/mol. The molecule has 0 radical (unpaired) electrons. The third-order valence-electron chi connectivity index (χ3n) is 3.23. The third-order valence-corrected chi connectivity index (χ3v) is 3.59. The molecule has 2 rings (SSSR count). The van der Waals surface area contributed by atoms with Gasteiger partial charge in [0.05, 0.1) is 12.6 Å². The van der Waals surface area contributed by atoms with Crippen molar-refractivity contribution in [2.45, 2.75) is 19.4 Å². The second-order valence-corrected chi connectivity index (χ2v) is 5.07. The molecule has 3 N–H and O–H groups in total. The highest BCUT2D eigenvalue weighted by atomic mass is 35.5. The summed E-state index contributed by atoms with van der Waals surface area (Å²) in [4.78, 5) is 0. The van der Waals surface area contributed by atoms with E-state index in [1.54, 1.807) is 6.07 Å². The third kappa shape index (κ3) is 4.17. The van der Waals surface area contributed by atoms with Crippen LogP contribution >= 0.6 is 11.6 Å². The summed E-state index contributed by atoms with van der Waals surface area (Å²) in [6.45, 7) is 2.57. The van der Waals surface area contributed by atoms with Gasteiger partial charge in [-0.15, -0.1) is 0 Å². The molecule has 0 amide bonds. The first-order chi connectivity index (χ1) is 10.1. The number of hydrazine groups is 1. The number of ether oxygens (including phenoxy) is 1. The Labute approximate surface area is 128 Å². The summed E-state index contributed by atoms with van der Waals surface area (Å²) in [6.07, 6.45) is 0.573. The Balaban J connectivity index is 2.15. The summed E-state index contributed by atoms with van der Waals surface area (Å²) < 4.78 is 18.5. The molecule has 0 bridgehead atoms. The van der Waals surface area contributed by atoms with Gasteiger partial charge in [-0.3, -0.25) is 11.3 Å². The number of rotatable bonds is 6. The molecule has 0 aliphatic heterocycles. The van der Waals surface area contributed by atoms with E-state index in [1.807, 2.05) is 31.2 Å². The minimum Gasteiger partial charge on any atom is -0.494 e. The van der Waals surface area contributed by atoms with Crippen molar-refractivity contribution in [2.75, 3.05) is 6.61 Å². The predicted molar refractivity (Wildman–Crippen MR) is 82.8 cm³/mol. The Hall–Kier alpha value is -1.62. The number of nitrogens with two attached hydrogens (primary N) is 1. The van der Waals surface area contributed by atoms with Crippen LogP contribution in [0.1, 0.15) is 24.1 Å². The van der Waals surface area contributed by atoms with E-state index in [9.17, 15) is 4.39 Å². The van der Waals surface area contributed by atoms with Gasteiger partial charge in [-0.1, -0.05) is 29.8 Å². The molecule has 0 aliphatic rings. The van der Waals surface area contributed by atoms with Crippen molar-refractivity contribution in [1.29, 1.82) is 0 Å². The number of halogens is 2. The summed E-state index contributed by atoms with van der Waals surface area (Å²) in [6, 6.07) is 12.0. The van der Waals surface area contributed by atoms with Gasteiger partial charge in [0.25, 0.3) is 0 Å². The van der Waals surface area contributed by atoms with Gasteiger partial charge >= 0.3 is 0 Å². The lowest BCUT2D eigenvalue weighted by Gasteiger charge is -2.17. The molecular weight excluding hydrogens is 291 g/mol. The van der Waals surface area contributed by atoms with Gasteiger partial charge in [0.15, 0.2) is 0 Å². The minimum atomic E-state index is -0.345. The number of benzene rings is 2. The fourth-order valence-electron chi connectivity index (χ4n) is 2.14. The highest BCUT2D eigenvalue weighted by Crippen LogP contribution is 2.25. The second kappa shape index (κ2) is 7.41. The molecule has 5 heteroatoms. The standard InChI is InChI=1S/C16H18ClFN2O/c1-2-21-14-7-4-11(5-8-14)16(20-19)9-12-3-6-13(18)10-15(12)17/h3-8,10,16,20H,2,9,19H2,1H3. The maximum atomic E-state index is 13.1. The van der Waals surface area contributed by atoms with Crippen LogP contribution in [0.25, 0.3) is 0 Å². The highest BCUT2D eigenvalue weighted by molar-refractivity contribution is 6.31. The molecule has 0 heterocycles. The normalized spacial score (nSPS) is 12.2. The molecule has 112 valence electrons. The van der Waals surface area contributed by atoms with Gasteiger partial charge in [-0.2, -0.15) is 0 Å². The molecule has 0 spiro atoms. The Morgan fingerprint density at radius 3 is 2.52 bits per heavy atom. The van der Waals surface area contributed by atoms with Gasteiger partial charge < -0.3 is 4.74 Å². The largest absolute Gasteiger partial charge is 0.494 e. The number of nitrogens with one attached hydrogen (secondary N) is 1. The fraction of sp³-hybridized carbons (Fsp3) is 0.250. The van der Waals surface area contributed by atoms with Crippen molar-refractivity contribution in [3.05, 3.63) is 64.4 Å². The molecule has 0 saturated heterocycles. The van der Waals surface area contributed by atoms with Gasteiger partial charge in [0, 0.05) is 5.02 Å². The first-order valence-electron chi connectivity index (χ1n) is 6.77. The van der Waals surface area contributed by atoms with E-state index < -0.39 is 0 Å². The van der Waals surface area contributed by atoms with Crippen molar-refractivity contribution in [2.24, 2.45) is 5.84 Å². The van der Waals surface area contributed by atoms with Gasteiger partial charge in [0.1, 0.15) is 11.6 Å². The van der Waals surface area contributed by atoms with Crippen molar-refractivity contribution < 1.29 is 9.13 Å². The summed E-state index contributed by atoms with van der Waals surface area (Å²) in [5, 5.41) is 0.404. The van der Waals surface area contributed by atoms with Gasteiger partial charge in [-0.25, -0.2) is 4.39 Å². The van der Waals surface area contributed by atoms with Crippen LogP contribution in [0.3, 0.4) is 0 Å². The topological polar surface area (TPSA) is 47.3 Å². The maximum Gasteiger partial charge on any atom is 0.124 e. The van der Waals surface area contributed by atoms with Crippen LogP contribution in [-0.4, -0.2) is 6.61 Å². The van der Waals surface area contributed by atoms with Crippen molar-refractivity contribution in [1.82, 2.24) is 5.43 Å². The first kappa shape index (κ1) is 15.8. The zero-order valence-corrected chi connectivity index (χ0v) is 12.5. The molecule has 2 aromatic rings. The van der Waals surface area contributed by atoms with Crippen LogP contribution < -0.4 is 16.0 Å². The van der Waals surface area contributed by atoms with E-state index in [-0.39, 0.29) is 11.9 Å². The summed E-state index contributed by atoms with van der Waals surface area (Å²) in [5.41, 5.74) is 4.62. The van der Waals surface area contributed by atoms with E-state index in [1.165, 1.54) is 12.1 Å². The predicted octanol–water partition coefficient (Wildman–Crippen LogP) is 3.62. The summed E-state index contributed by atoms with van der Waals surface area (Å²) >= 11 is 6.06. The van der Waals surface area contributed by atoms with Crippen molar-refractivity contribution >= 4 is 11.6 Å². The van der Waals surface area contributed by atoms with E-state index >= 15 is 0 Å². The van der Waals surface area contributed by atoms with Crippen LogP contribution in [0.2, 0.25) is 5.02 Å².